The summed E-state index contributed by atoms with van der Waals surface area (Å²) in [6.45, 7) is 5.42. The van der Waals surface area contributed by atoms with Crippen LogP contribution in [0.2, 0.25) is 0 Å². The molecule has 0 aromatic carbocycles. The summed E-state index contributed by atoms with van der Waals surface area (Å²) in [6.07, 6.45) is 2.74. The summed E-state index contributed by atoms with van der Waals surface area (Å²) < 4.78 is 0. The SMILES string of the molecule is CCCCC1(C)NC(=O)N(CCC(C)=O)C1=O. The highest BCUT2D eigenvalue weighted by Gasteiger charge is 2.46. The highest BCUT2D eigenvalue weighted by molar-refractivity contribution is 6.06. The molecular formula is C12H20N2O3. The van der Waals surface area contributed by atoms with Gasteiger partial charge in [0.1, 0.15) is 11.3 Å². The molecule has 1 heterocycles. The average molecular weight is 240 g/mol. The van der Waals surface area contributed by atoms with Crippen molar-refractivity contribution < 1.29 is 14.4 Å². The maximum absolute atomic E-state index is 12.1. The zero-order valence-corrected chi connectivity index (χ0v) is 10.7. The molecule has 1 N–H and O–H groups in total. The lowest BCUT2D eigenvalue weighted by atomic mass is 9.95. The lowest BCUT2D eigenvalue weighted by Gasteiger charge is -2.21. The Morgan fingerprint density at radius 2 is 2.06 bits per heavy atom. The van der Waals surface area contributed by atoms with Gasteiger partial charge in [-0.2, -0.15) is 0 Å². The molecule has 5 nitrogen and oxygen atoms in total. The van der Waals surface area contributed by atoms with E-state index in [4.69, 9.17) is 0 Å². The van der Waals surface area contributed by atoms with Crippen molar-refractivity contribution in [3.63, 3.8) is 0 Å². The van der Waals surface area contributed by atoms with E-state index in [9.17, 15) is 14.4 Å². The normalized spacial score (nSPS) is 24.1. The highest BCUT2D eigenvalue weighted by Crippen LogP contribution is 2.23. The first-order chi connectivity index (χ1) is 7.90. The fourth-order valence-corrected chi connectivity index (χ4v) is 1.92. The van der Waals surface area contributed by atoms with E-state index < -0.39 is 5.54 Å². The number of carbonyl (C=O) groups excluding carboxylic acids is 3. The summed E-state index contributed by atoms with van der Waals surface area (Å²) >= 11 is 0. The monoisotopic (exact) mass is 240 g/mol. The van der Waals surface area contributed by atoms with Gasteiger partial charge < -0.3 is 5.32 Å². The number of imide groups is 1. The van der Waals surface area contributed by atoms with Crippen LogP contribution in [0.4, 0.5) is 4.79 Å². The summed E-state index contributed by atoms with van der Waals surface area (Å²) in [4.78, 5) is 35.8. The summed E-state index contributed by atoms with van der Waals surface area (Å²) in [5.41, 5.74) is -0.788. The Morgan fingerprint density at radius 3 is 2.59 bits per heavy atom. The molecule has 0 radical (unpaired) electrons. The maximum atomic E-state index is 12.1. The van der Waals surface area contributed by atoms with Crippen LogP contribution in [0.15, 0.2) is 0 Å². The van der Waals surface area contributed by atoms with E-state index in [1.165, 1.54) is 6.92 Å². The first-order valence-electron chi connectivity index (χ1n) is 6.04. The van der Waals surface area contributed by atoms with Crippen LogP contribution in [-0.4, -0.2) is 34.7 Å². The highest BCUT2D eigenvalue weighted by atomic mass is 16.2. The molecule has 3 amide bonds. The fraction of sp³-hybridized carbons (Fsp3) is 0.750. The Kier molecular flexibility index (Phi) is 4.26. The van der Waals surface area contributed by atoms with Gasteiger partial charge in [-0.25, -0.2) is 4.79 Å². The summed E-state index contributed by atoms with van der Waals surface area (Å²) in [7, 11) is 0. The lowest BCUT2D eigenvalue weighted by molar-refractivity contribution is -0.131. The maximum Gasteiger partial charge on any atom is 0.325 e. The van der Waals surface area contributed by atoms with Crippen LogP contribution < -0.4 is 5.32 Å². The molecule has 5 heteroatoms. The van der Waals surface area contributed by atoms with E-state index in [2.05, 4.69) is 5.32 Å². The zero-order chi connectivity index (χ0) is 13.1. The van der Waals surface area contributed by atoms with E-state index in [1.807, 2.05) is 6.92 Å². The van der Waals surface area contributed by atoms with E-state index in [1.54, 1.807) is 6.92 Å². The predicted octanol–water partition coefficient (Wildman–Crippen LogP) is 1.47. The smallest absolute Gasteiger partial charge is 0.323 e. The third kappa shape index (κ3) is 3.05. The Morgan fingerprint density at radius 1 is 1.41 bits per heavy atom. The number of nitrogens with one attached hydrogen (secondary N) is 1. The first-order valence-corrected chi connectivity index (χ1v) is 6.04. The van der Waals surface area contributed by atoms with Crippen LogP contribution in [0.5, 0.6) is 0 Å². The predicted molar refractivity (Wildman–Crippen MR) is 63.5 cm³/mol. The number of rotatable bonds is 6. The third-order valence-corrected chi connectivity index (χ3v) is 3.06. The van der Waals surface area contributed by atoms with Crippen molar-refractivity contribution in [1.82, 2.24) is 10.2 Å². The van der Waals surface area contributed by atoms with Crippen LogP contribution in [0, 0.1) is 0 Å². The quantitative estimate of drug-likeness (QED) is 0.715. The number of hydrogen-bond donors (Lipinski definition) is 1. The van der Waals surface area contributed by atoms with Crippen LogP contribution in [-0.2, 0) is 9.59 Å². The van der Waals surface area contributed by atoms with Gasteiger partial charge in [0, 0.05) is 13.0 Å². The molecule has 96 valence electrons. The number of urea groups is 1. The molecule has 0 aromatic heterocycles. The third-order valence-electron chi connectivity index (χ3n) is 3.06. The van der Waals surface area contributed by atoms with Crippen molar-refractivity contribution in [2.75, 3.05) is 6.54 Å². The fourth-order valence-electron chi connectivity index (χ4n) is 1.92. The minimum Gasteiger partial charge on any atom is -0.323 e. The summed E-state index contributed by atoms with van der Waals surface area (Å²) in [5, 5.41) is 2.71. The summed E-state index contributed by atoms with van der Waals surface area (Å²) in [5.74, 6) is -0.232. The van der Waals surface area contributed by atoms with Gasteiger partial charge in [-0.1, -0.05) is 19.8 Å². The van der Waals surface area contributed by atoms with E-state index in [0.717, 1.165) is 17.7 Å². The molecule has 17 heavy (non-hydrogen) atoms. The minimum absolute atomic E-state index is 0.0206. The van der Waals surface area contributed by atoms with Gasteiger partial charge in [0.05, 0.1) is 0 Å². The van der Waals surface area contributed by atoms with Crippen molar-refractivity contribution in [2.45, 2.75) is 52.0 Å². The Balaban J connectivity index is 2.67. The lowest BCUT2D eigenvalue weighted by Crippen LogP contribution is -2.43. The molecular weight excluding hydrogens is 220 g/mol. The van der Waals surface area contributed by atoms with Crippen molar-refractivity contribution in [2.24, 2.45) is 0 Å². The standard InChI is InChI=1S/C12H20N2O3/c1-4-5-7-12(3)10(16)14(11(17)13-12)8-6-9(2)15/h4-8H2,1-3H3,(H,13,17). The molecule has 1 aliphatic heterocycles. The van der Waals surface area contributed by atoms with Gasteiger partial charge in [0.2, 0.25) is 0 Å². The molecule has 0 aliphatic carbocycles. The molecule has 1 unspecified atom stereocenters. The van der Waals surface area contributed by atoms with E-state index in [-0.39, 0.29) is 30.7 Å². The number of Topliss-reactive ketones (excluding diaryl/α,β-unsaturated/α-hetero) is 1. The molecule has 0 saturated carbocycles. The van der Waals surface area contributed by atoms with Gasteiger partial charge in [-0.05, 0) is 20.3 Å². The molecule has 1 rings (SSSR count). The molecule has 1 fully saturated rings. The van der Waals surface area contributed by atoms with Gasteiger partial charge in [0.25, 0.3) is 5.91 Å². The number of hydrogen-bond acceptors (Lipinski definition) is 3. The average Bonchev–Trinajstić information content (AvgIpc) is 2.45. The largest absolute Gasteiger partial charge is 0.325 e. The van der Waals surface area contributed by atoms with E-state index in [0.29, 0.717) is 6.42 Å². The number of ketones is 1. The van der Waals surface area contributed by atoms with Crippen molar-refractivity contribution in [1.29, 1.82) is 0 Å². The van der Waals surface area contributed by atoms with Gasteiger partial charge in [-0.3, -0.25) is 14.5 Å². The first kappa shape index (κ1) is 13.7. The topological polar surface area (TPSA) is 66.5 Å². The second kappa shape index (κ2) is 5.29. The Bertz CT molecular complexity index is 341. The van der Waals surface area contributed by atoms with Gasteiger partial charge >= 0.3 is 6.03 Å². The zero-order valence-electron chi connectivity index (χ0n) is 10.7. The molecule has 0 spiro atoms. The number of amides is 3. The second-order valence-corrected chi connectivity index (χ2v) is 4.77. The molecule has 1 saturated heterocycles. The van der Waals surface area contributed by atoms with Crippen LogP contribution in [0.3, 0.4) is 0 Å². The molecule has 1 atom stereocenters. The van der Waals surface area contributed by atoms with E-state index >= 15 is 0 Å². The Hall–Kier alpha value is -1.39. The van der Waals surface area contributed by atoms with Crippen LogP contribution >= 0.6 is 0 Å². The van der Waals surface area contributed by atoms with Gasteiger partial charge in [-0.15, -0.1) is 0 Å². The van der Waals surface area contributed by atoms with Crippen LogP contribution in [0.25, 0.3) is 0 Å². The second-order valence-electron chi connectivity index (χ2n) is 4.77. The molecule has 0 bridgehead atoms. The van der Waals surface area contributed by atoms with Crippen molar-refractivity contribution in [3.05, 3.63) is 0 Å². The molecule has 1 aliphatic rings. The number of nitrogens with zero attached hydrogens (tertiary/aromatic N) is 1. The summed E-state index contributed by atoms with van der Waals surface area (Å²) in [6, 6.07) is -0.380. The Labute approximate surface area is 102 Å². The molecule has 0 aromatic rings. The van der Waals surface area contributed by atoms with Crippen molar-refractivity contribution >= 4 is 17.7 Å². The minimum atomic E-state index is -0.788. The van der Waals surface area contributed by atoms with Crippen molar-refractivity contribution in [3.8, 4) is 0 Å². The number of unbranched alkanes of at least 4 members (excludes halogenated alkanes) is 1. The number of carbonyl (C=O) groups is 3. The van der Waals surface area contributed by atoms with Crippen LogP contribution in [0.1, 0.15) is 46.5 Å². The van der Waals surface area contributed by atoms with Gasteiger partial charge in [0.15, 0.2) is 0 Å².